The molecule has 0 radical (unpaired) electrons. The lowest BCUT2D eigenvalue weighted by Gasteiger charge is -2.08. The molecule has 1 atom stereocenters. The van der Waals surface area contributed by atoms with E-state index in [-0.39, 0.29) is 0 Å². The molecule has 0 aliphatic carbocycles. The number of amidine groups is 1. The van der Waals surface area contributed by atoms with Crippen LogP contribution in [0.15, 0.2) is 4.99 Å². The van der Waals surface area contributed by atoms with Crippen molar-refractivity contribution < 1.29 is 0 Å². The summed E-state index contributed by atoms with van der Waals surface area (Å²) < 4.78 is 0. The molecule has 2 nitrogen and oxygen atoms in total. The molecule has 0 aromatic heterocycles. The molecule has 52 valence electrons. The van der Waals surface area contributed by atoms with E-state index in [9.17, 15) is 0 Å². The maximum Gasteiger partial charge on any atom is 0.0936 e. The first-order valence-corrected chi connectivity index (χ1v) is 3.48. The molecule has 0 saturated carbocycles. The van der Waals surface area contributed by atoms with Crippen LogP contribution in [0.2, 0.25) is 0 Å². The zero-order chi connectivity index (χ0) is 6.85. The maximum absolute atomic E-state index is 4.39. The van der Waals surface area contributed by atoms with Crippen LogP contribution in [-0.4, -0.2) is 18.4 Å². The fraction of sp³-hybridized carbons (Fsp3) is 0.857. The van der Waals surface area contributed by atoms with Crippen molar-refractivity contribution in [1.29, 1.82) is 0 Å². The highest BCUT2D eigenvalue weighted by atomic mass is 15.1. The monoisotopic (exact) mass is 126 g/mol. The lowest BCUT2D eigenvalue weighted by molar-refractivity contribution is 0.512. The number of nitrogens with zero attached hydrogens (tertiary/aromatic N) is 1. The molecule has 0 fully saturated rings. The summed E-state index contributed by atoms with van der Waals surface area (Å²) in [6, 6.07) is 0.519. The van der Waals surface area contributed by atoms with Crippen molar-refractivity contribution >= 4 is 5.84 Å². The van der Waals surface area contributed by atoms with Crippen LogP contribution in [0, 0.1) is 5.92 Å². The Bertz CT molecular complexity index is 127. The Morgan fingerprint density at radius 2 is 2.33 bits per heavy atom. The number of aliphatic imine (C=N–C) groups is 1. The molecule has 1 heterocycles. The Kier molecular flexibility index (Phi) is 1.74. The Hall–Kier alpha value is -0.530. The summed E-state index contributed by atoms with van der Waals surface area (Å²) in [7, 11) is 0. The lowest BCUT2D eigenvalue weighted by atomic mass is 10.1. The van der Waals surface area contributed by atoms with Crippen LogP contribution in [0.5, 0.6) is 0 Å². The van der Waals surface area contributed by atoms with Crippen LogP contribution in [0.3, 0.4) is 0 Å². The summed E-state index contributed by atoms with van der Waals surface area (Å²) in [5.74, 6) is 1.77. The summed E-state index contributed by atoms with van der Waals surface area (Å²) in [4.78, 5) is 4.39. The minimum Gasteiger partial charge on any atom is -0.372 e. The minimum absolute atomic E-state index is 0.519. The van der Waals surface area contributed by atoms with Crippen LogP contribution in [0.1, 0.15) is 20.8 Å². The van der Waals surface area contributed by atoms with Gasteiger partial charge in [-0.2, -0.15) is 0 Å². The second-order valence-corrected chi connectivity index (χ2v) is 2.91. The molecule has 0 aromatic rings. The summed E-state index contributed by atoms with van der Waals surface area (Å²) in [5.41, 5.74) is 0. The molecule has 2 heteroatoms. The van der Waals surface area contributed by atoms with Crippen molar-refractivity contribution in [2.45, 2.75) is 26.8 Å². The molecule has 0 saturated heterocycles. The van der Waals surface area contributed by atoms with Crippen molar-refractivity contribution in [2.24, 2.45) is 10.9 Å². The quantitative estimate of drug-likeness (QED) is 0.557. The number of rotatable bonds is 1. The first-order valence-electron chi connectivity index (χ1n) is 3.48. The molecule has 0 bridgehead atoms. The fourth-order valence-corrected chi connectivity index (χ4v) is 0.977. The van der Waals surface area contributed by atoms with E-state index in [1.54, 1.807) is 0 Å². The predicted molar refractivity (Wildman–Crippen MR) is 39.7 cm³/mol. The van der Waals surface area contributed by atoms with Crippen molar-refractivity contribution in [3.05, 3.63) is 0 Å². The van der Waals surface area contributed by atoms with Crippen molar-refractivity contribution in [3.8, 4) is 0 Å². The van der Waals surface area contributed by atoms with Gasteiger partial charge >= 0.3 is 0 Å². The smallest absolute Gasteiger partial charge is 0.0936 e. The van der Waals surface area contributed by atoms with Gasteiger partial charge in [0.2, 0.25) is 0 Å². The van der Waals surface area contributed by atoms with Gasteiger partial charge in [0.25, 0.3) is 0 Å². The van der Waals surface area contributed by atoms with Gasteiger partial charge in [0, 0.05) is 6.54 Å². The first kappa shape index (κ1) is 6.59. The van der Waals surface area contributed by atoms with Crippen LogP contribution in [-0.2, 0) is 0 Å². The summed E-state index contributed by atoms with van der Waals surface area (Å²) in [6.07, 6.45) is 0. The molecular formula is C7H14N2. The number of hydrogen-bond acceptors (Lipinski definition) is 2. The van der Waals surface area contributed by atoms with Crippen LogP contribution >= 0.6 is 0 Å². The first-order chi connectivity index (χ1) is 4.20. The molecule has 1 N–H and O–H groups in total. The number of nitrogens with one attached hydrogen (secondary N) is 1. The second-order valence-electron chi connectivity index (χ2n) is 2.91. The highest BCUT2D eigenvalue weighted by molar-refractivity contribution is 5.81. The van der Waals surface area contributed by atoms with Gasteiger partial charge in [0.05, 0.1) is 11.9 Å². The summed E-state index contributed by atoms with van der Waals surface area (Å²) in [5, 5.41) is 3.20. The average Bonchev–Trinajstić information content (AvgIpc) is 2.14. The third-order valence-corrected chi connectivity index (χ3v) is 1.70. The number of hydrogen-bond donors (Lipinski definition) is 1. The van der Waals surface area contributed by atoms with Crippen molar-refractivity contribution in [3.63, 3.8) is 0 Å². The van der Waals surface area contributed by atoms with Gasteiger partial charge in [-0.05, 0) is 12.8 Å². The lowest BCUT2D eigenvalue weighted by Crippen LogP contribution is -2.22. The van der Waals surface area contributed by atoms with Gasteiger partial charge in [-0.1, -0.05) is 13.8 Å². The zero-order valence-electron chi connectivity index (χ0n) is 6.31. The summed E-state index contributed by atoms with van der Waals surface area (Å²) in [6.45, 7) is 7.45. The van der Waals surface area contributed by atoms with Crippen molar-refractivity contribution in [1.82, 2.24) is 5.32 Å². The van der Waals surface area contributed by atoms with E-state index in [2.05, 4.69) is 24.2 Å². The van der Waals surface area contributed by atoms with Crippen molar-refractivity contribution in [2.75, 3.05) is 6.54 Å². The Morgan fingerprint density at radius 3 is 2.56 bits per heavy atom. The topological polar surface area (TPSA) is 24.4 Å². The normalized spacial score (nSPS) is 26.2. The molecule has 1 rings (SSSR count). The largest absolute Gasteiger partial charge is 0.372 e. The highest BCUT2D eigenvalue weighted by Crippen LogP contribution is 2.08. The van der Waals surface area contributed by atoms with Gasteiger partial charge in [0.15, 0.2) is 0 Å². The van der Waals surface area contributed by atoms with E-state index in [1.165, 1.54) is 0 Å². The van der Waals surface area contributed by atoms with Gasteiger partial charge in [-0.15, -0.1) is 0 Å². The van der Waals surface area contributed by atoms with Crippen LogP contribution in [0.25, 0.3) is 0 Å². The van der Waals surface area contributed by atoms with E-state index in [0.29, 0.717) is 12.0 Å². The van der Waals surface area contributed by atoms with E-state index in [4.69, 9.17) is 0 Å². The highest BCUT2D eigenvalue weighted by Gasteiger charge is 2.16. The van der Waals surface area contributed by atoms with Gasteiger partial charge < -0.3 is 5.32 Å². The Labute approximate surface area is 56.4 Å². The minimum atomic E-state index is 0.519. The SMILES string of the molecule is CC1=NC(C(C)C)CN1. The standard InChI is InChI=1S/C7H14N2/c1-5(2)7-4-8-6(3)9-7/h5,7H,4H2,1-3H3,(H,8,9). The average molecular weight is 126 g/mol. The van der Waals surface area contributed by atoms with Gasteiger partial charge in [-0.3, -0.25) is 4.99 Å². The van der Waals surface area contributed by atoms with E-state index in [1.807, 2.05) is 6.92 Å². The third-order valence-electron chi connectivity index (χ3n) is 1.70. The Morgan fingerprint density at radius 1 is 1.67 bits per heavy atom. The van der Waals surface area contributed by atoms with E-state index >= 15 is 0 Å². The van der Waals surface area contributed by atoms with E-state index in [0.717, 1.165) is 12.4 Å². The molecule has 1 unspecified atom stereocenters. The van der Waals surface area contributed by atoms with Crippen LogP contribution < -0.4 is 5.32 Å². The zero-order valence-corrected chi connectivity index (χ0v) is 6.31. The molecule has 9 heavy (non-hydrogen) atoms. The Balaban J connectivity index is 2.47. The van der Waals surface area contributed by atoms with E-state index < -0.39 is 0 Å². The molecule has 1 aliphatic heterocycles. The molecule has 1 aliphatic rings. The molecular weight excluding hydrogens is 112 g/mol. The summed E-state index contributed by atoms with van der Waals surface area (Å²) >= 11 is 0. The fourth-order valence-electron chi connectivity index (χ4n) is 0.977. The molecule has 0 amide bonds. The third kappa shape index (κ3) is 1.44. The maximum atomic E-state index is 4.39. The molecule has 0 spiro atoms. The van der Waals surface area contributed by atoms with Gasteiger partial charge in [-0.25, -0.2) is 0 Å². The second kappa shape index (κ2) is 2.38. The predicted octanol–water partition coefficient (Wildman–Crippen LogP) is 1.03. The van der Waals surface area contributed by atoms with Gasteiger partial charge in [0.1, 0.15) is 0 Å². The van der Waals surface area contributed by atoms with Crippen LogP contribution in [0.4, 0.5) is 0 Å². The molecule has 0 aromatic carbocycles.